The molecule has 1 aliphatic heterocycles. The average Bonchev–Trinajstić information content (AvgIpc) is 3.19. The highest BCUT2D eigenvalue weighted by Gasteiger charge is 2.51. The maximum atomic E-state index is 11.4. The second-order valence-corrected chi connectivity index (χ2v) is 16.2. The van der Waals surface area contributed by atoms with Gasteiger partial charge in [-0.3, -0.25) is 0 Å². The molecule has 0 spiro atoms. The smallest absolute Gasteiger partial charge is 0.261 e. The average molecular weight is 535 g/mol. The fourth-order valence-corrected chi connectivity index (χ4v) is 10.3. The maximum absolute atomic E-state index is 11.4. The number of rotatable bonds is 9. The second-order valence-electron chi connectivity index (χ2n) is 10.9. The lowest BCUT2D eigenvalue weighted by molar-refractivity contribution is -0.155. The lowest BCUT2D eigenvalue weighted by Gasteiger charge is -2.43. The summed E-state index contributed by atoms with van der Waals surface area (Å²) in [6.45, 7) is 10.6. The van der Waals surface area contributed by atoms with Gasteiger partial charge in [-0.25, -0.2) is 0 Å². The van der Waals surface area contributed by atoms with E-state index in [1.54, 1.807) is 11.8 Å². The fourth-order valence-electron chi connectivity index (χ4n) is 5.02. The van der Waals surface area contributed by atoms with Crippen molar-refractivity contribution in [2.24, 2.45) is 0 Å². The monoisotopic (exact) mass is 534 g/mol. The molecular weight excluding hydrogens is 496 g/mol. The SMILES string of the molecule is CC1(C)O[C@@H]([C@H](O)CO[Si](c2ccccc2)(c2ccccc2)C(C)(C)C)[C@@H](/C=C/Sc2ccccc2)O1. The molecule has 0 radical (unpaired) electrons. The lowest BCUT2D eigenvalue weighted by Crippen LogP contribution is -2.67. The van der Waals surface area contributed by atoms with Gasteiger partial charge in [-0.2, -0.15) is 0 Å². The minimum atomic E-state index is -2.77. The molecular formula is C31H38O4SSi. The quantitative estimate of drug-likeness (QED) is 0.280. The Bertz CT molecular complexity index is 1110. The van der Waals surface area contributed by atoms with E-state index in [1.807, 2.05) is 55.7 Å². The topological polar surface area (TPSA) is 47.9 Å². The van der Waals surface area contributed by atoms with Crippen LogP contribution in [-0.2, 0) is 13.9 Å². The van der Waals surface area contributed by atoms with E-state index in [4.69, 9.17) is 13.9 Å². The summed E-state index contributed by atoms with van der Waals surface area (Å²) in [6, 6.07) is 31.1. The van der Waals surface area contributed by atoms with E-state index >= 15 is 0 Å². The summed E-state index contributed by atoms with van der Waals surface area (Å²) in [6.07, 6.45) is 0.188. The number of aliphatic hydroxyl groups is 1. The molecule has 1 aliphatic rings. The minimum Gasteiger partial charge on any atom is -0.405 e. The molecule has 1 fully saturated rings. The van der Waals surface area contributed by atoms with Gasteiger partial charge in [-0.1, -0.05) is 111 Å². The largest absolute Gasteiger partial charge is 0.405 e. The molecule has 0 aromatic heterocycles. The second kappa shape index (κ2) is 11.7. The van der Waals surface area contributed by atoms with Crippen molar-refractivity contribution in [3.8, 4) is 0 Å². The molecule has 0 aliphatic carbocycles. The van der Waals surface area contributed by atoms with Gasteiger partial charge in [0.05, 0.1) is 6.61 Å². The summed E-state index contributed by atoms with van der Waals surface area (Å²) in [7, 11) is -2.77. The summed E-state index contributed by atoms with van der Waals surface area (Å²) in [5.74, 6) is -0.796. The number of hydrogen-bond acceptors (Lipinski definition) is 5. The molecule has 37 heavy (non-hydrogen) atoms. The molecule has 1 saturated heterocycles. The van der Waals surface area contributed by atoms with Crippen LogP contribution in [0.25, 0.3) is 0 Å². The van der Waals surface area contributed by atoms with Gasteiger partial charge in [-0.15, -0.1) is 0 Å². The van der Waals surface area contributed by atoms with Crippen molar-refractivity contribution < 1.29 is 19.0 Å². The van der Waals surface area contributed by atoms with Crippen LogP contribution in [0.4, 0.5) is 0 Å². The Morgan fingerprint density at radius 3 is 1.92 bits per heavy atom. The van der Waals surface area contributed by atoms with Crippen LogP contribution in [0.3, 0.4) is 0 Å². The third-order valence-electron chi connectivity index (χ3n) is 6.65. The number of thioether (sulfide) groups is 1. The van der Waals surface area contributed by atoms with Crippen molar-refractivity contribution in [1.82, 2.24) is 0 Å². The normalized spacial score (nSPS) is 20.8. The Morgan fingerprint density at radius 2 is 1.41 bits per heavy atom. The van der Waals surface area contributed by atoms with Gasteiger partial charge in [0.15, 0.2) is 5.79 Å². The van der Waals surface area contributed by atoms with Crippen molar-refractivity contribution in [3.63, 3.8) is 0 Å². The van der Waals surface area contributed by atoms with Crippen LogP contribution in [0, 0.1) is 0 Å². The highest BCUT2D eigenvalue weighted by molar-refractivity contribution is 8.02. The molecule has 4 rings (SSSR count). The molecule has 0 unspecified atom stereocenters. The van der Waals surface area contributed by atoms with E-state index in [0.717, 1.165) is 4.90 Å². The van der Waals surface area contributed by atoms with E-state index in [0.29, 0.717) is 0 Å². The van der Waals surface area contributed by atoms with Gasteiger partial charge in [0, 0.05) is 4.90 Å². The summed E-state index contributed by atoms with van der Waals surface area (Å²) in [5, 5.41) is 15.6. The van der Waals surface area contributed by atoms with Crippen molar-refractivity contribution in [1.29, 1.82) is 0 Å². The third-order valence-corrected chi connectivity index (χ3v) is 12.5. The number of benzene rings is 3. The van der Waals surface area contributed by atoms with Crippen LogP contribution < -0.4 is 10.4 Å². The first-order chi connectivity index (χ1) is 17.6. The summed E-state index contributed by atoms with van der Waals surface area (Å²) in [4.78, 5) is 1.14. The van der Waals surface area contributed by atoms with Gasteiger partial charge >= 0.3 is 0 Å². The van der Waals surface area contributed by atoms with Gasteiger partial charge in [-0.05, 0) is 52.9 Å². The van der Waals surface area contributed by atoms with Crippen LogP contribution in [-0.4, -0.2) is 44.1 Å². The van der Waals surface area contributed by atoms with E-state index < -0.39 is 26.3 Å². The van der Waals surface area contributed by atoms with Crippen LogP contribution in [0.2, 0.25) is 5.04 Å². The Hall–Kier alpha value is -2.19. The molecule has 3 aromatic rings. The van der Waals surface area contributed by atoms with Gasteiger partial charge in [0.25, 0.3) is 8.32 Å². The fraction of sp³-hybridized carbons (Fsp3) is 0.355. The first-order valence-electron chi connectivity index (χ1n) is 12.8. The summed E-state index contributed by atoms with van der Waals surface area (Å²) in [5.41, 5.74) is 0. The third kappa shape index (κ3) is 6.45. The highest BCUT2D eigenvalue weighted by atomic mass is 32.2. The van der Waals surface area contributed by atoms with Crippen molar-refractivity contribution in [3.05, 3.63) is 102 Å². The summed E-state index contributed by atoms with van der Waals surface area (Å²) >= 11 is 1.61. The van der Waals surface area contributed by atoms with Gasteiger partial charge < -0.3 is 19.0 Å². The zero-order valence-electron chi connectivity index (χ0n) is 22.3. The molecule has 6 heteroatoms. The van der Waals surface area contributed by atoms with Crippen LogP contribution in [0.15, 0.2) is 107 Å². The highest BCUT2D eigenvalue weighted by Crippen LogP contribution is 2.38. The standard InChI is InChI=1S/C31H38O4SSi/c1-30(2,3)37(25-17-11-7-12-18-25,26-19-13-8-14-20-26)33-23-27(32)29-28(34-31(4,5)35-29)21-22-36-24-15-9-6-10-16-24/h6-22,27-29,32H,23H2,1-5H3/b22-21+/t27-,28-,29+/m1/s1. The first-order valence-corrected chi connectivity index (χ1v) is 15.6. The first kappa shape index (κ1) is 27.8. The Balaban J connectivity index is 1.58. The Morgan fingerprint density at radius 1 is 0.892 bits per heavy atom. The minimum absolute atomic E-state index is 0.146. The number of aliphatic hydroxyl groups excluding tert-OH is 1. The lowest BCUT2D eigenvalue weighted by atomic mass is 10.1. The van der Waals surface area contributed by atoms with Crippen LogP contribution in [0.1, 0.15) is 34.6 Å². The molecule has 196 valence electrons. The molecule has 4 nitrogen and oxygen atoms in total. The Labute approximate surface area is 226 Å². The zero-order chi connectivity index (χ0) is 26.5. The predicted molar refractivity (Wildman–Crippen MR) is 155 cm³/mol. The van der Waals surface area contributed by atoms with Crippen molar-refractivity contribution in [2.45, 2.75) is 68.7 Å². The molecule has 0 amide bonds. The van der Waals surface area contributed by atoms with Crippen molar-refractivity contribution >= 4 is 30.5 Å². The summed E-state index contributed by atoms with van der Waals surface area (Å²) < 4.78 is 19.3. The zero-order valence-corrected chi connectivity index (χ0v) is 24.2. The van der Waals surface area contributed by atoms with E-state index in [-0.39, 0.29) is 17.7 Å². The molecule has 3 aromatic carbocycles. The molecule has 1 N–H and O–H groups in total. The number of hydrogen-bond donors (Lipinski definition) is 1. The van der Waals surface area contributed by atoms with E-state index in [1.165, 1.54) is 10.4 Å². The van der Waals surface area contributed by atoms with E-state index in [9.17, 15) is 5.11 Å². The number of ether oxygens (including phenoxy) is 2. The predicted octanol–water partition coefficient (Wildman–Crippen LogP) is 5.75. The maximum Gasteiger partial charge on any atom is 0.261 e. The van der Waals surface area contributed by atoms with Gasteiger partial charge in [0.1, 0.15) is 18.3 Å². The van der Waals surface area contributed by atoms with Crippen molar-refractivity contribution in [2.75, 3.05) is 6.61 Å². The molecule has 3 atom stereocenters. The van der Waals surface area contributed by atoms with Crippen LogP contribution >= 0.6 is 11.8 Å². The van der Waals surface area contributed by atoms with E-state index in [2.05, 4.69) is 81.4 Å². The molecule has 0 bridgehead atoms. The Kier molecular flexibility index (Phi) is 8.79. The molecule has 1 heterocycles. The van der Waals surface area contributed by atoms with Crippen LogP contribution in [0.5, 0.6) is 0 Å². The van der Waals surface area contributed by atoms with Gasteiger partial charge in [0.2, 0.25) is 0 Å². The molecule has 0 saturated carbocycles.